The van der Waals surface area contributed by atoms with Gasteiger partial charge in [0, 0.05) is 47.6 Å². The van der Waals surface area contributed by atoms with Crippen molar-refractivity contribution in [3.8, 4) is 11.1 Å². The highest BCUT2D eigenvalue weighted by molar-refractivity contribution is 7.33. The van der Waals surface area contributed by atoms with Gasteiger partial charge in [-0.2, -0.15) is 0 Å². The van der Waals surface area contributed by atoms with Gasteiger partial charge in [0.1, 0.15) is 0 Å². The third-order valence-corrected chi connectivity index (χ3v) is 15.8. The van der Waals surface area contributed by atoms with E-state index in [1.807, 2.05) is 22.7 Å². The molecular weight excluding hydrogens is 788 g/mol. The molecule has 0 aliphatic carbocycles. The quantitative estimate of drug-likeness (QED) is 0.163. The standard InChI is InChI=1S/C57H59BN2S2/c1-32-23-46-50-47(24-32)60(52-35(4)27-40(28-36(52)5)57(12,13)14)53-42-29-38(55(6,7)8)20-22-49(42)62-54(53)58(50)44-30-39(56(9,10)11)19-21-45(44)59(46)51-33(2)25-37(26-34(51)3)43-31-61-48-18-16-15-17-41(43)48/h15-31H,1-14H3. The Bertz CT molecular complexity index is 3110. The van der Waals surface area contributed by atoms with Crippen LogP contribution in [0.1, 0.15) is 107 Å². The zero-order valence-electron chi connectivity index (χ0n) is 39.1. The lowest BCUT2D eigenvalue weighted by Gasteiger charge is -2.45. The van der Waals surface area contributed by atoms with E-state index in [0.29, 0.717) is 0 Å². The maximum atomic E-state index is 2.70. The van der Waals surface area contributed by atoms with Crippen molar-refractivity contribution in [3.63, 3.8) is 0 Å². The van der Waals surface area contributed by atoms with Gasteiger partial charge in [-0.1, -0.05) is 111 Å². The number of benzene rings is 6. The minimum Gasteiger partial charge on any atom is -0.311 e. The average Bonchev–Trinajstić information content (AvgIpc) is 3.79. The van der Waals surface area contributed by atoms with Crippen LogP contribution in [0.5, 0.6) is 0 Å². The predicted octanol–water partition coefficient (Wildman–Crippen LogP) is 15.3. The van der Waals surface area contributed by atoms with E-state index in [1.165, 1.54) is 126 Å². The molecule has 6 aromatic carbocycles. The van der Waals surface area contributed by atoms with Crippen molar-refractivity contribution in [1.29, 1.82) is 0 Å². The van der Waals surface area contributed by atoms with E-state index < -0.39 is 0 Å². The van der Waals surface area contributed by atoms with Crippen molar-refractivity contribution in [3.05, 3.63) is 147 Å². The minimum absolute atomic E-state index is 0.0125. The topological polar surface area (TPSA) is 6.48 Å². The zero-order valence-corrected chi connectivity index (χ0v) is 40.7. The molecule has 2 aliphatic rings. The largest absolute Gasteiger partial charge is 0.311 e. The molecule has 2 aromatic heterocycles. The fraction of sp³-hybridized carbons (Fsp3) is 0.298. The number of rotatable bonds is 3. The summed E-state index contributed by atoms with van der Waals surface area (Å²) < 4.78 is 4.11. The molecule has 0 atom stereocenters. The Kier molecular flexibility index (Phi) is 9.21. The third kappa shape index (κ3) is 6.32. The van der Waals surface area contributed by atoms with Crippen molar-refractivity contribution in [1.82, 2.24) is 0 Å². The van der Waals surface area contributed by atoms with E-state index >= 15 is 0 Å². The van der Waals surface area contributed by atoms with Gasteiger partial charge in [-0.3, -0.25) is 0 Å². The first-order chi connectivity index (χ1) is 29.2. The average molecular weight is 847 g/mol. The number of fused-ring (bicyclic) bond motifs is 7. The number of aryl methyl sites for hydroxylation is 5. The molecule has 10 rings (SSSR count). The van der Waals surface area contributed by atoms with Gasteiger partial charge < -0.3 is 9.80 Å². The van der Waals surface area contributed by atoms with E-state index in [4.69, 9.17) is 0 Å². The van der Waals surface area contributed by atoms with Gasteiger partial charge in [0.2, 0.25) is 0 Å². The van der Waals surface area contributed by atoms with Gasteiger partial charge in [0.15, 0.2) is 0 Å². The second kappa shape index (κ2) is 14.0. The lowest BCUT2D eigenvalue weighted by Crippen LogP contribution is -2.60. The molecule has 0 N–H and O–H groups in total. The van der Waals surface area contributed by atoms with Gasteiger partial charge in [-0.15, -0.1) is 22.7 Å². The number of hydrogen-bond donors (Lipinski definition) is 0. The molecule has 4 heterocycles. The molecule has 0 spiro atoms. The summed E-state index contributed by atoms with van der Waals surface area (Å²) in [5, 5.41) is 5.01. The molecule has 0 fully saturated rings. The van der Waals surface area contributed by atoms with Crippen molar-refractivity contribution in [2.24, 2.45) is 0 Å². The Morgan fingerprint density at radius 2 is 1.05 bits per heavy atom. The molecule has 0 bridgehead atoms. The van der Waals surface area contributed by atoms with Crippen LogP contribution in [0.15, 0.2) is 102 Å². The SMILES string of the molecule is Cc1cc2c3c(c1)N(c1c(C)cc(C(C)(C)C)cc1C)c1c(sc4ccc(C(C)(C)C)cc14)B3c1cc(C(C)(C)C)ccc1N2c1c(C)cc(-c2csc3ccccc23)cc1C. The fourth-order valence-corrected chi connectivity index (χ4v) is 12.7. The van der Waals surface area contributed by atoms with Gasteiger partial charge in [0.05, 0.1) is 17.1 Å². The Morgan fingerprint density at radius 1 is 0.484 bits per heavy atom. The van der Waals surface area contributed by atoms with E-state index in [1.54, 1.807) is 0 Å². The summed E-state index contributed by atoms with van der Waals surface area (Å²) >= 11 is 3.84. The number of hydrogen-bond acceptors (Lipinski definition) is 4. The highest BCUT2D eigenvalue weighted by Crippen LogP contribution is 2.52. The highest BCUT2D eigenvalue weighted by Gasteiger charge is 2.46. The van der Waals surface area contributed by atoms with Crippen LogP contribution in [0.25, 0.3) is 31.3 Å². The molecule has 2 aliphatic heterocycles. The number of thiophene rings is 2. The van der Waals surface area contributed by atoms with E-state index in [0.717, 1.165) is 0 Å². The molecule has 62 heavy (non-hydrogen) atoms. The monoisotopic (exact) mass is 846 g/mol. The van der Waals surface area contributed by atoms with Crippen molar-refractivity contribution < 1.29 is 0 Å². The molecule has 8 aromatic rings. The summed E-state index contributed by atoms with van der Waals surface area (Å²) in [5.41, 5.74) is 23.8. The normalized spacial score (nSPS) is 13.9. The van der Waals surface area contributed by atoms with Crippen LogP contribution in [-0.4, -0.2) is 6.71 Å². The Labute approximate surface area is 378 Å². The first-order valence-electron chi connectivity index (χ1n) is 22.4. The van der Waals surface area contributed by atoms with Crippen LogP contribution in [0.2, 0.25) is 0 Å². The smallest absolute Gasteiger partial charge is 0.264 e. The van der Waals surface area contributed by atoms with Crippen LogP contribution >= 0.6 is 22.7 Å². The Morgan fingerprint density at radius 3 is 1.69 bits per heavy atom. The molecule has 0 saturated heterocycles. The van der Waals surface area contributed by atoms with Crippen LogP contribution in [0.3, 0.4) is 0 Å². The molecule has 0 radical (unpaired) electrons. The summed E-state index contributed by atoms with van der Waals surface area (Å²) in [5.74, 6) is 0. The molecule has 0 saturated carbocycles. The molecule has 312 valence electrons. The molecule has 5 heteroatoms. The molecule has 2 nitrogen and oxygen atoms in total. The summed E-state index contributed by atoms with van der Waals surface area (Å²) in [4.78, 5) is 5.34. The summed E-state index contributed by atoms with van der Waals surface area (Å²) in [6.07, 6.45) is 0. The second-order valence-corrected chi connectivity index (χ2v) is 23.4. The van der Waals surface area contributed by atoms with E-state index in [9.17, 15) is 0 Å². The van der Waals surface area contributed by atoms with Gasteiger partial charge in [0.25, 0.3) is 6.71 Å². The number of anilines is 6. The fourth-order valence-electron chi connectivity index (χ4n) is 10.4. The van der Waals surface area contributed by atoms with Gasteiger partial charge in [-0.05, 0) is 166 Å². The summed E-state index contributed by atoms with van der Waals surface area (Å²) in [7, 11) is 0. The van der Waals surface area contributed by atoms with Crippen LogP contribution < -0.4 is 25.5 Å². The highest BCUT2D eigenvalue weighted by atomic mass is 32.1. The minimum atomic E-state index is -0.0125. The Balaban J connectivity index is 1.30. The first kappa shape index (κ1) is 40.9. The van der Waals surface area contributed by atoms with E-state index in [-0.39, 0.29) is 23.0 Å². The summed E-state index contributed by atoms with van der Waals surface area (Å²) in [6, 6.07) is 38.2. The maximum Gasteiger partial charge on any atom is 0.264 e. The number of nitrogens with zero attached hydrogens (tertiary/aromatic N) is 2. The van der Waals surface area contributed by atoms with Gasteiger partial charge in [-0.25, -0.2) is 0 Å². The van der Waals surface area contributed by atoms with Gasteiger partial charge >= 0.3 is 0 Å². The van der Waals surface area contributed by atoms with Crippen molar-refractivity contribution in [2.75, 3.05) is 9.80 Å². The molecule has 0 amide bonds. The van der Waals surface area contributed by atoms with Crippen molar-refractivity contribution >= 4 is 99.4 Å². The second-order valence-electron chi connectivity index (χ2n) is 21.4. The van der Waals surface area contributed by atoms with Crippen LogP contribution in [-0.2, 0) is 16.2 Å². The van der Waals surface area contributed by atoms with Crippen LogP contribution in [0, 0.1) is 34.6 Å². The third-order valence-electron chi connectivity index (χ3n) is 13.6. The predicted molar refractivity (Wildman–Crippen MR) is 276 cm³/mol. The van der Waals surface area contributed by atoms with E-state index in [2.05, 4.69) is 209 Å². The lowest BCUT2D eigenvalue weighted by atomic mass is 9.36. The lowest BCUT2D eigenvalue weighted by molar-refractivity contribution is 0.589. The first-order valence-corrected chi connectivity index (χ1v) is 24.1. The maximum absolute atomic E-state index is 2.70. The van der Waals surface area contributed by atoms with Crippen molar-refractivity contribution in [2.45, 2.75) is 113 Å². The molecule has 0 unspecified atom stereocenters. The Hall–Kier alpha value is -5.10. The molecular formula is C57H59BN2S2. The van der Waals surface area contributed by atoms with Crippen LogP contribution in [0.4, 0.5) is 34.1 Å². The summed E-state index contributed by atoms with van der Waals surface area (Å²) in [6.45, 7) is 32.8. The zero-order chi connectivity index (χ0) is 43.9.